The van der Waals surface area contributed by atoms with Crippen molar-refractivity contribution in [2.24, 2.45) is 10.4 Å². The molecule has 3 atom stereocenters. The molecule has 3 heterocycles. The third kappa shape index (κ3) is 3.29. The van der Waals surface area contributed by atoms with Crippen molar-refractivity contribution in [2.75, 3.05) is 17.2 Å². The summed E-state index contributed by atoms with van der Waals surface area (Å²) in [6, 6.07) is 6.17. The summed E-state index contributed by atoms with van der Waals surface area (Å²) < 4.78 is 0. The van der Waals surface area contributed by atoms with E-state index in [0.29, 0.717) is 30.3 Å². The van der Waals surface area contributed by atoms with Crippen LogP contribution in [0.2, 0.25) is 0 Å². The number of aliphatic hydroxyl groups excluding tert-OH is 1. The summed E-state index contributed by atoms with van der Waals surface area (Å²) in [5.41, 5.74) is 1.28. The molecular weight excluding hydrogens is 354 g/mol. The van der Waals surface area contributed by atoms with Crippen molar-refractivity contribution in [1.29, 1.82) is 5.26 Å². The first-order chi connectivity index (χ1) is 13.5. The lowest BCUT2D eigenvalue weighted by atomic mass is 9.64. The lowest BCUT2D eigenvalue weighted by Crippen LogP contribution is -2.57. The van der Waals surface area contributed by atoms with Gasteiger partial charge in [0.25, 0.3) is 0 Å². The monoisotopic (exact) mass is 377 g/mol. The Labute approximate surface area is 163 Å². The molecule has 1 aliphatic carbocycles. The van der Waals surface area contributed by atoms with Gasteiger partial charge in [-0.05, 0) is 18.9 Å². The number of hydrogen-bond donors (Lipinski definition) is 3. The molecule has 28 heavy (non-hydrogen) atoms. The minimum atomic E-state index is -0.347. The van der Waals surface area contributed by atoms with E-state index in [0.717, 1.165) is 17.8 Å². The maximum absolute atomic E-state index is 9.93. The molecule has 1 aliphatic heterocycles. The van der Waals surface area contributed by atoms with Crippen LogP contribution in [0.4, 0.5) is 17.6 Å². The third-order valence-corrected chi connectivity index (χ3v) is 5.77. The van der Waals surface area contributed by atoms with Crippen LogP contribution in [0.1, 0.15) is 43.7 Å². The largest absolute Gasteiger partial charge is 0.392 e. The van der Waals surface area contributed by atoms with Crippen molar-refractivity contribution >= 4 is 23.8 Å². The summed E-state index contributed by atoms with van der Waals surface area (Å²) in [7, 11) is 0. The molecule has 0 radical (unpaired) electrons. The molecule has 8 nitrogen and oxygen atoms in total. The molecule has 0 bridgehead atoms. The number of fused-ring (bicyclic) bond motifs is 1. The van der Waals surface area contributed by atoms with Crippen molar-refractivity contribution in [1.82, 2.24) is 15.0 Å². The van der Waals surface area contributed by atoms with Crippen LogP contribution in [0.5, 0.6) is 0 Å². The fraction of sp³-hybridized carbons (Fsp3) is 0.450. The number of aliphatic imine (C=N–C) groups is 1. The smallest absolute Gasteiger partial charge is 0.224 e. The number of rotatable bonds is 6. The minimum absolute atomic E-state index is 0.0658. The Morgan fingerprint density at radius 3 is 2.96 bits per heavy atom. The molecular formula is C20H23N7O. The number of nitrogens with one attached hydrogen (secondary N) is 2. The number of aromatic nitrogens is 3. The van der Waals surface area contributed by atoms with E-state index >= 15 is 0 Å². The van der Waals surface area contributed by atoms with Crippen LogP contribution in [0, 0.1) is 16.7 Å². The number of pyridine rings is 1. The average molecular weight is 377 g/mol. The lowest BCUT2D eigenvalue weighted by Gasteiger charge is -2.49. The molecule has 0 saturated heterocycles. The van der Waals surface area contributed by atoms with Gasteiger partial charge >= 0.3 is 0 Å². The van der Waals surface area contributed by atoms with Crippen molar-refractivity contribution in [3.8, 4) is 6.07 Å². The van der Waals surface area contributed by atoms with Gasteiger partial charge in [-0.1, -0.05) is 19.9 Å². The van der Waals surface area contributed by atoms with Crippen LogP contribution in [-0.4, -0.2) is 45.0 Å². The first kappa shape index (κ1) is 18.3. The highest BCUT2D eigenvalue weighted by molar-refractivity contribution is 5.78. The first-order valence-corrected chi connectivity index (χ1v) is 9.43. The Bertz CT molecular complexity index is 950. The Morgan fingerprint density at radius 2 is 2.21 bits per heavy atom. The lowest BCUT2D eigenvalue weighted by molar-refractivity contribution is -0.0511. The van der Waals surface area contributed by atoms with Gasteiger partial charge < -0.3 is 15.7 Å². The van der Waals surface area contributed by atoms with Crippen LogP contribution >= 0.6 is 0 Å². The molecule has 3 N–H and O–H groups in total. The predicted molar refractivity (Wildman–Crippen MR) is 107 cm³/mol. The summed E-state index contributed by atoms with van der Waals surface area (Å²) in [6.45, 7) is 4.67. The molecule has 0 amide bonds. The molecule has 1 unspecified atom stereocenters. The third-order valence-electron chi connectivity index (χ3n) is 5.77. The summed E-state index contributed by atoms with van der Waals surface area (Å²) >= 11 is 0. The summed E-state index contributed by atoms with van der Waals surface area (Å²) in [5, 5.41) is 25.8. The van der Waals surface area contributed by atoms with Crippen LogP contribution in [0.25, 0.3) is 0 Å². The molecule has 2 aliphatic rings. The number of nitriles is 1. The fourth-order valence-electron chi connectivity index (χ4n) is 3.59. The van der Waals surface area contributed by atoms with Gasteiger partial charge in [0.05, 0.1) is 12.3 Å². The van der Waals surface area contributed by atoms with E-state index < -0.39 is 0 Å². The van der Waals surface area contributed by atoms with Gasteiger partial charge in [-0.15, -0.1) is 0 Å². The van der Waals surface area contributed by atoms with Gasteiger partial charge in [0.15, 0.2) is 5.82 Å². The van der Waals surface area contributed by atoms with E-state index in [2.05, 4.69) is 42.7 Å². The maximum atomic E-state index is 9.93. The second kappa shape index (κ2) is 7.17. The maximum Gasteiger partial charge on any atom is 0.224 e. The van der Waals surface area contributed by atoms with E-state index in [-0.39, 0.29) is 23.5 Å². The first-order valence-electron chi connectivity index (χ1n) is 9.43. The van der Waals surface area contributed by atoms with Gasteiger partial charge in [-0.2, -0.15) is 10.2 Å². The second-order valence-electron chi connectivity index (χ2n) is 7.85. The zero-order valence-corrected chi connectivity index (χ0v) is 15.9. The Kier molecular flexibility index (Phi) is 4.69. The fourth-order valence-corrected chi connectivity index (χ4v) is 3.59. The highest BCUT2D eigenvalue weighted by atomic mass is 16.3. The molecule has 0 spiro atoms. The molecule has 1 fully saturated rings. The summed E-state index contributed by atoms with van der Waals surface area (Å²) in [5.74, 6) is 1.99. The van der Waals surface area contributed by atoms with Crippen LogP contribution in [0.15, 0.2) is 29.5 Å². The normalized spacial score (nSPS) is 24.1. The van der Waals surface area contributed by atoms with Gasteiger partial charge in [0, 0.05) is 41.9 Å². The SMILES string of the molecule is CC1(C)[C@@H](O)C[C@H]1Nc1nc(NCCC2C=Nc3ncccc32)ncc1C#N. The van der Waals surface area contributed by atoms with E-state index in [4.69, 9.17) is 0 Å². The van der Waals surface area contributed by atoms with Gasteiger partial charge in [-0.25, -0.2) is 15.0 Å². The van der Waals surface area contributed by atoms with Gasteiger partial charge in [0.1, 0.15) is 17.5 Å². The quantitative estimate of drug-likeness (QED) is 0.708. The number of anilines is 2. The van der Waals surface area contributed by atoms with Gasteiger partial charge in [-0.3, -0.25) is 0 Å². The Balaban J connectivity index is 1.39. The summed E-state index contributed by atoms with van der Waals surface area (Å²) in [6.07, 6.45) is 6.33. The standard InChI is InChI=1S/C20H23N7O/c1-20(2)15(8-16(20)28)26-17-13(9-21)11-25-19(27-17)23-7-5-12-10-24-18-14(12)4-3-6-22-18/h3-4,6,10-12,15-16,28H,5,7-8H2,1-2H3,(H2,23,25,26,27)/t12?,15-,16+/m1/s1. The summed E-state index contributed by atoms with van der Waals surface area (Å²) in [4.78, 5) is 17.3. The number of hydrogen-bond acceptors (Lipinski definition) is 8. The Hall–Kier alpha value is -3.05. The van der Waals surface area contributed by atoms with Crippen molar-refractivity contribution in [3.05, 3.63) is 35.7 Å². The highest BCUT2D eigenvalue weighted by Crippen LogP contribution is 2.42. The zero-order chi connectivity index (χ0) is 19.7. The molecule has 1 saturated carbocycles. The number of nitrogens with zero attached hydrogens (tertiary/aromatic N) is 5. The van der Waals surface area contributed by atoms with E-state index in [9.17, 15) is 10.4 Å². The minimum Gasteiger partial charge on any atom is -0.392 e. The van der Waals surface area contributed by atoms with E-state index in [1.807, 2.05) is 26.1 Å². The van der Waals surface area contributed by atoms with Crippen molar-refractivity contribution in [3.63, 3.8) is 0 Å². The van der Waals surface area contributed by atoms with Crippen molar-refractivity contribution < 1.29 is 5.11 Å². The van der Waals surface area contributed by atoms with E-state index in [1.165, 1.54) is 6.20 Å². The van der Waals surface area contributed by atoms with E-state index in [1.54, 1.807) is 6.20 Å². The predicted octanol–water partition coefficient (Wildman–Crippen LogP) is 2.62. The average Bonchev–Trinajstić information content (AvgIpc) is 3.11. The number of aliphatic hydroxyl groups is 1. The molecule has 2 aromatic heterocycles. The Morgan fingerprint density at radius 1 is 1.36 bits per heavy atom. The van der Waals surface area contributed by atoms with Crippen molar-refractivity contribution in [2.45, 2.75) is 44.8 Å². The zero-order valence-electron chi connectivity index (χ0n) is 15.9. The molecule has 0 aromatic carbocycles. The molecule has 8 heteroatoms. The second-order valence-corrected chi connectivity index (χ2v) is 7.85. The van der Waals surface area contributed by atoms with Gasteiger partial charge in [0.2, 0.25) is 5.95 Å². The van der Waals surface area contributed by atoms with Crippen LogP contribution in [0.3, 0.4) is 0 Å². The van der Waals surface area contributed by atoms with Crippen LogP contribution < -0.4 is 10.6 Å². The highest BCUT2D eigenvalue weighted by Gasteiger charge is 2.47. The molecule has 144 valence electrons. The topological polar surface area (TPSA) is 119 Å². The molecule has 2 aromatic rings. The van der Waals surface area contributed by atoms with Crippen LogP contribution in [-0.2, 0) is 0 Å². The molecule has 4 rings (SSSR count).